The Bertz CT molecular complexity index is 1060. The van der Waals surface area contributed by atoms with Crippen molar-refractivity contribution in [2.24, 2.45) is 0 Å². The van der Waals surface area contributed by atoms with E-state index < -0.39 is 0 Å². The maximum Gasteiger partial charge on any atom is 0.310 e. The number of esters is 1. The summed E-state index contributed by atoms with van der Waals surface area (Å²) in [5.41, 5.74) is 4.52. The first kappa shape index (κ1) is 16.6. The zero-order valence-electron chi connectivity index (χ0n) is 14.4. The Morgan fingerprint density at radius 2 is 2.04 bits per heavy atom. The van der Waals surface area contributed by atoms with Crippen LogP contribution < -0.4 is 0 Å². The van der Waals surface area contributed by atoms with E-state index in [0.717, 1.165) is 32.5 Å². The molecule has 0 spiro atoms. The SMILES string of the molecule is Cc1cc2occ(CC(=O)OCc3coc(-c4cccs4)n3)c2cc1C. The van der Waals surface area contributed by atoms with Gasteiger partial charge in [-0.25, -0.2) is 4.98 Å². The Balaban J connectivity index is 1.41. The molecule has 0 bridgehead atoms. The molecule has 0 aliphatic heterocycles. The van der Waals surface area contributed by atoms with Gasteiger partial charge >= 0.3 is 5.97 Å². The highest BCUT2D eigenvalue weighted by Gasteiger charge is 2.14. The van der Waals surface area contributed by atoms with Gasteiger partial charge in [0.1, 0.15) is 24.1 Å². The van der Waals surface area contributed by atoms with E-state index in [-0.39, 0.29) is 19.0 Å². The third kappa shape index (κ3) is 3.28. The normalized spacial score (nSPS) is 11.2. The van der Waals surface area contributed by atoms with E-state index >= 15 is 0 Å². The molecule has 0 aliphatic carbocycles. The van der Waals surface area contributed by atoms with Crippen LogP contribution in [0.25, 0.3) is 21.7 Å². The van der Waals surface area contributed by atoms with Crippen LogP contribution in [0.5, 0.6) is 0 Å². The highest BCUT2D eigenvalue weighted by atomic mass is 32.1. The van der Waals surface area contributed by atoms with Crippen molar-refractivity contribution in [1.82, 2.24) is 4.98 Å². The molecule has 6 heteroatoms. The topological polar surface area (TPSA) is 65.5 Å². The predicted molar refractivity (Wildman–Crippen MR) is 99.0 cm³/mol. The number of hydrogen-bond acceptors (Lipinski definition) is 6. The van der Waals surface area contributed by atoms with Gasteiger partial charge in [0.05, 0.1) is 17.6 Å². The Hall–Kier alpha value is -2.86. The number of ether oxygens (including phenoxy) is 1. The lowest BCUT2D eigenvalue weighted by Gasteiger charge is -2.03. The average Bonchev–Trinajstić information content (AvgIpc) is 3.35. The van der Waals surface area contributed by atoms with Gasteiger partial charge in [-0.3, -0.25) is 4.79 Å². The number of rotatable bonds is 5. The molecule has 0 radical (unpaired) electrons. The van der Waals surface area contributed by atoms with Crippen LogP contribution in [0.15, 0.2) is 51.0 Å². The minimum atomic E-state index is -0.327. The van der Waals surface area contributed by atoms with Gasteiger partial charge in [-0.15, -0.1) is 11.3 Å². The van der Waals surface area contributed by atoms with Crippen molar-refractivity contribution >= 4 is 28.3 Å². The smallest absolute Gasteiger partial charge is 0.310 e. The Morgan fingerprint density at radius 3 is 2.85 bits per heavy atom. The second-order valence-corrected chi connectivity index (χ2v) is 7.10. The quantitative estimate of drug-likeness (QED) is 0.462. The second-order valence-electron chi connectivity index (χ2n) is 6.15. The maximum absolute atomic E-state index is 12.2. The highest BCUT2D eigenvalue weighted by Crippen LogP contribution is 2.26. The number of oxazole rings is 1. The lowest BCUT2D eigenvalue weighted by atomic mass is 10.0. The van der Waals surface area contributed by atoms with E-state index in [4.69, 9.17) is 13.6 Å². The number of thiophene rings is 1. The number of carbonyl (C=O) groups is 1. The van der Waals surface area contributed by atoms with Crippen LogP contribution in [0.3, 0.4) is 0 Å². The molecule has 0 N–H and O–H groups in total. The van der Waals surface area contributed by atoms with Crippen LogP contribution in [-0.2, 0) is 22.6 Å². The number of furan rings is 1. The van der Waals surface area contributed by atoms with E-state index in [2.05, 4.69) is 4.98 Å². The molecule has 0 saturated carbocycles. The van der Waals surface area contributed by atoms with Crippen molar-refractivity contribution in [2.45, 2.75) is 26.9 Å². The van der Waals surface area contributed by atoms with E-state index in [0.29, 0.717) is 11.6 Å². The molecule has 0 saturated heterocycles. The summed E-state index contributed by atoms with van der Waals surface area (Å²) in [6.45, 7) is 4.16. The van der Waals surface area contributed by atoms with E-state index in [1.165, 1.54) is 6.26 Å². The molecule has 0 fully saturated rings. The van der Waals surface area contributed by atoms with Gasteiger partial charge in [-0.05, 0) is 48.6 Å². The first-order valence-corrected chi connectivity index (χ1v) is 9.09. The van der Waals surface area contributed by atoms with Crippen LogP contribution in [0.1, 0.15) is 22.4 Å². The van der Waals surface area contributed by atoms with Gasteiger partial charge in [0.25, 0.3) is 0 Å². The van der Waals surface area contributed by atoms with Crippen molar-refractivity contribution < 1.29 is 18.4 Å². The predicted octanol–water partition coefficient (Wildman–Crippen LogP) is 5.05. The number of aryl methyl sites for hydroxylation is 2. The third-order valence-electron chi connectivity index (χ3n) is 4.27. The Morgan fingerprint density at radius 1 is 1.19 bits per heavy atom. The monoisotopic (exact) mass is 367 g/mol. The van der Waals surface area contributed by atoms with Crippen molar-refractivity contribution in [1.29, 1.82) is 0 Å². The molecule has 5 nitrogen and oxygen atoms in total. The van der Waals surface area contributed by atoms with Gasteiger partial charge < -0.3 is 13.6 Å². The molecule has 3 heterocycles. The summed E-state index contributed by atoms with van der Waals surface area (Å²) in [7, 11) is 0. The van der Waals surface area contributed by atoms with Crippen molar-refractivity contribution in [2.75, 3.05) is 0 Å². The molecule has 0 aliphatic rings. The van der Waals surface area contributed by atoms with Crippen LogP contribution >= 0.6 is 11.3 Å². The molecule has 4 rings (SSSR count). The Labute approximate surface area is 154 Å². The summed E-state index contributed by atoms with van der Waals surface area (Å²) in [6.07, 6.45) is 3.29. The summed E-state index contributed by atoms with van der Waals surface area (Å²) < 4.78 is 16.3. The Kier molecular flexibility index (Phi) is 4.34. The number of benzene rings is 1. The minimum Gasteiger partial charge on any atom is -0.464 e. The standard InChI is InChI=1S/C20H17NO4S/c1-12-6-16-14(9-23-17(16)7-13(12)2)8-19(22)24-10-15-11-25-20(21-15)18-4-3-5-26-18/h3-7,9,11H,8,10H2,1-2H3. The molecular weight excluding hydrogens is 350 g/mol. The van der Waals surface area contributed by atoms with Crippen LogP contribution in [0, 0.1) is 13.8 Å². The zero-order chi connectivity index (χ0) is 18.1. The zero-order valence-corrected chi connectivity index (χ0v) is 15.3. The summed E-state index contributed by atoms with van der Waals surface area (Å²) in [5.74, 6) is 0.212. The molecular formula is C20H17NO4S. The van der Waals surface area contributed by atoms with Gasteiger partial charge in [-0.1, -0.05) is 6.07 Å². The fourth-order valence-corrected chi connectivity index (χ4v) is 3.38. The molecule has 3 aromatic heterocycles. The van der Waals surface area contributed by atoms with Crippen molar-refractivity contribution in [3.63, 3.8) is 0 Å². The van der Waals surface area contributed by atoms with Crippen LogP contribution in [-0.4, -0.2) is 11.0 Å². The number of fused-ring (bicyclic) bond motifs is 1. The molecule has 0 amide bonds. The second kappa shape index (κ2) is 6.80. The molecule has 132 valence electrons. The van der Waals surface area contributed by atoms with E-state index in [1.54, 1.807) is 17.6 Å². The molecule has 26 heavy (non-hydrogen) atoms. The summed E-state index contributed by atoms with van der Waals surface area (Å²) >= 11 is 1.55. The van der Waals surface area contributed by atoms with E-state index in [1.807, 2.05) is 43.5 Å². The lowest BCUT2D eigenvalue weighted by molar-refractivity contribution is -0.144. The summed E-state index contributed by atoms with van der Waals surface area (Å²) in [4.78, 5) is 17.5. The summed E-state index contributed by atoms with van der Waals surface area (Å²) in [5, 5.41) is 2.91. The fraction of sp³-hybridized carbons (Fsp3) is 0.200. The lowest BCUT2D eigenvalue weighted by Crippen LogP contribution is -2.08. The molecule has 0 unspecified atom stereocenters. The van der Waals surface area contributed by atoms with Crippen LogP contribution in [0.2, 0.25) is 0 Å². The van der Waals surface area contributed by atoms with Crippen molar-refractivity contribution in [3.05, 3.63) is 64.6 Å². The third-order valence-corrected chi connectivity index (χ3v) is 5.13. The number of aromatic nitrogens is 1. The number of nitrogens with zero attached hydrogens (tertiary/aromatic N) is 1. The molecule has 1 aromatic carbocycles. The van der Waals surface area contributed by atoms with Gasteiger partial charge in [0.15, 0.2) is 0 Å². The van der Waals surface area contributed by atoms with Gasteiger partial charge in [0.2, 0.25) is 5.89 Å². The van der Waals surface area contributed by atoms with Crippen LogP contribution in [0.4, 0.5) is 0 Å². The molecule has 4 aromatic rings. The highest BCUT2D eigenvalue weighted by molar-refractivity contribution is 7.13. The van der Waals surface area contributed by atoms with E-state index in [9.17, 15) is 4.79 Å². The van der Waals surface area contributed by atoms with Gasteiger partial charge in [-0.2, -0.15) is 0 Å². The first-order chi connectivity index (χ1) is 12.6. The fourth-order valence-electron chi connectivity index (χ4n) is 2.72. The number of hydrogen-bond donors (Lipinski definition) is 0. The summed E-state index contributed by atoms with van der Waals surface area (Å²) in [6, 6.07) is 7.89. The van der Waals surface area contributed by atoms with Crippen molar-refractivity contribution in [3.8, 4) is 10.8 Å². The minimum absolute atomic E-state index is 0.0849. The first-order valence-electron chi connectivity index (χ1n) is 8.21. The maximum atomic E-state index is 12.2. The average molecular weight is 367 g/mol. The number of carbonyl (C=O) groups excluding carboxylic acids is 1. The molecule has 0 atom stereocenters. The van der Waals surface area contributed by atoms with Gasteiger partial charge in [0, 0.05) is 10.9 Å². The largest absolute Gasteiger partial charge is 0.464 e.